The lowest BCUT2D eigenvalue weighted by atomic mass is 10.0. The van der Waals surface area contributed by atoms with Crippen LogP contribution in [-0.2, 0) is 16.0 Å². The summed E-state index contributed by atoms with van der Waals surface area (Å²) in [7, 11) is 1.40. The fourth-order valence-corrected chi connectivity index (χ4v) is 2.01. The van der Waals surface area contributed by atoms with Gasteiger partial charge in [-0.05, 0) is 31.0 Å². The van der Waals surface area contributed by atoms with Crippen molar-refractivity contribution in [3.05, 3.63) is 41.1 Å². The number of hydrogen-bond acceptors (Lipinski definition) is 3. The van der Waals surface area contributed by atoms with Gasteiger partial charge < -0.3 is 4.74 Å². The van der Waals surface area contributed by atoms with Crippen molar-refractivity contribution in [1.29, 1.82) is 0 Å². The monoisotopic (exact) mass is 229 g/mol. The third kappa shape index (κ3) is 2.28. The Labute approximate surface area is 100 Å². The average Bonchev–Trinajstić information content (AvgIpc) is 2.30. The molecule has 1 aromatic carbocycles. The highest BCUT2D eigenvalue weighted by Gasteiger charge is 2.09. The Morgan fingerprint density at radius 2 is 2.12 bits per heavy atom. The third-order valence-corrected chi connectivity index (χ3v) is 2.82. The maximum Gasteiger partial charge on any atom is 0.310 e. The number of carbonyl (C=O) groups is 1. The van der Waals surface area contributed by atoms with E-state index in [0.717, 1.165) is 22.2 Å². The second-order valence-electron chi connectivity index (χ2n) is 4.15. The van der Waals surface area contributed by atoms with Crippen LogP contribution in [0.1, 0.15) is 16.8 Å². The summed E-state index contributed by atoms with van der Waals surface area (Å²) in [5.74, 6) is -0.238. The molecule has 0 N–H and O–H groups in total. The Balaban J connectivity index is 2.60. The van der Waals surface area contributed by atoms with Crippen LogP contribution in [0.2, 0.25) is 0 Å². The number of benzene rings is 1. The molecule has 1 aromatic heterocycles. The van der Waals surface area contributed by atoms with Crippen LogP contribution in [-0.4, -0.2) is 18.1 Å². The first-order chi connectivity index (χ1) is 8.11. The summed E-state index contributed by atoms with van der Waals surface area (Å²) in [6.07, 6.45) is 0.268. The van der Waals surface area contributed by atoms with Crippen LogP contribution in [0, 0.1) is 13.8 Å². The van der Waals surface area contributed by atoms with E-state index in [1.807, 2.05) is 31.2 Å². The Morgan fingerprint density at radius 1 is 1.35 bits per heavy atom. The van der Waals surface area contributed by atoms with Gasteiger partial charge in [-0.15, -0.1) is 0 Å². The fraction of sp³-hybridized carbons (Fsp3) is 0.286. The number of hydrogen-bond donors (Lipinski definition) is 0. The molecule has 0 aliphatic heterocycles. The molecule has 0 bridgehead atoms. The topological polar surface area (TPSA) is 39.2 Å². The van der Waals surface area contributed by atoms with Gasteiger partial charge in [0.15, 0.2) is 0 Å². The van der Waals surface area contributed by atoms with Gasteiger partial charge >= 0.3 is 5.97 Å². The molecule has 0 aliphatic rings. The van der Waals surface area contributed by atoms with Crippen molar-refractivity contribution >= 4 is 16.9 Å². The van der Waals surface area contributed by atoms with E-state index in [-0.39, 0.29) is 12.4 Å². The predicted octanol–water partition coefficient (Wildman–Crippen LogP) is 2.57. The lowest BCUT2D eigenvalue weighted by Gasteiger charge is -2.08. The molecule has 0 amide bonds. The van der Waals surface area contributed by atoms with Crippen molar-refractivity contribution in [3.8, 4) is 0 Å². The fourth-order valence-electron chi connectivity index (χ4n) is 2.01. The highest BCUT2D eigenvalue weighted by atomic mass is 16.5. The SMILES string of the molecule is COC(=O)Cc1cccc2c(C)cc(C)nc12. The van der Waals surface area contributed by atoms with Gasteiger partial charge in [0.2, 0.25) is 0 Å². The molecular formula is C14H15NO2. The molecule has 0 fully saturated rings. The molecule has 3 heteroatoms. The first kappa shape index (κ1) is 11.6. The summed E-state index contributed by atoms with van der Waals surface area (Å²) in [4.78, 5) is 15.9. The third-order valence-electron chi connectivity index (χ3n) is 2.82. The summed E-state index contributed by atoms with van der Waals surface area (Å²) in [5.41, 5.74) is 3.96. The largest absolute Gasteiger partial charge is 0.469 e. The minimum absolute atomic E-state index is 0.238. The van der Waals surface area contributed by atoms with Crippen LogP contribution in [0.3, 0.4) is 0 Å². The van der Waals surface area contributed by atoms with Crippen molar-refractivity contribution in [2.75, 3.05) is 7.11 Å². The van der Waals surface area contributed by atoms with Crippen LogP contribution >= 0.6 is 0 Å². The van der Waals surface area contributed by atoms with Crippen molar-refractivity contribution in [2.24, 2.45) is 0 Å². The molecule has 0 unspecified atom stereocenters. The first-order valence-corrected chi connectivity index (χ1v) is 5.54. The van der Waals surface area contributed by atoms with Crippen LogP contribution in [0.5, 0.6) is 0 Å². The van der Waals surface area contributed by atoms with Gasteiger partial charge in [-0.1, -0.05) is 18.2 Å². The minimum atomic E-state index is -0.238. The average molecular weight is 229 g/mol. The van der Waals surface area contributed by atoms with Crippen molar-refractivity contribution in [1.82, 2.24) is 4.98 Å². The number of rotatable bonds is 2. The van der Waals surface area contributed by atoms with E-state index in [1.54, 1.807) is 0 Å². The highest BCUT2D eigenvalue weighted by Crippen LogP contribution is 2.21. The summed E-state index contributed by atoms with van der Waals surface area (Å²) >= 11 is 0. The molecule has 0 atom stereocenters. The van der Waals surface area contributed by atoms with Crippen molar-refractivity contribution < 1.29 is 9.53 Å². The molecular weight excluding hydrogens is 214 g/mol. The zero-order chi connectivity index (χ0) is 12.4. The van der Waals surface area contributed by atoms with Gasteiger partial charge in [-0.3, -0.25) is 9.78 Å². The van der Waals surface area contributed by atoms with E-state index in [4.69, 9.17) is 4.74 Å². The first-order valence-electron chi connectivity index (χ1n) is 5.54. The zero-order valence-electron chi connectivity index (χ0n) is 10.3. The Morgan fingerprint density at radius 3 is 2.82 bits per heavy atom. The van der Waals surface area contributed by atoms with Crippen molar-refractivity contribution in [3.63, 3.8) is 0 Å². The summed E-state index contributed by atoms with van der Waals surface area (Å²) in [6, 6.07) is 7.94. The molecule has 0 spiro atoms. The number of nitrogens with zero attached hydrogens (tertiary/aromatic N) is 1. The number of aromatic nitrogens is 1. The van der Waals surface area contributed by atoms with Gasteiger partial charge in [0.1, 0.15) is 0 Å². The van der Waals surface area contributed by atoms with Crippen LogP contribution in [0.4, 0.5) is 0 Å². The van der Waals surface area contributed by atoms with E-state index in [2.05, 4.69) is 11.9 Å². The number of fused-ring (bicyclic) bond motifs is 1. The molecule has 0 saturated carbocycles. The maximum absolute atomic E-state index is 11.3. The van der Waals surface area contributed by atoms with Crippen LogP contribution in [0.15, 0.2) is 24.3 Å². The lowest BCUT2D eigenvalue weighted by molar-refractivity contribution is -0.139. The lowest BCUT2D eigenvalue weighted by Crippen LogP contribution is -2.05. The van der Waals surface area contributed by atoms with E-state index in [1.165, 1.54) is 12.7 Å². The van der Waals surface area contributed by atoms with Gasteiger partial charge in [-0.25, -0.2) is 0 Å². The second-order valence-corrected chi connectivity index (χ2v) is 4.15. The Kier molecular flexibility index (Phi) is 3.09. The molecule has 0 aliphatic carbocycles. The summed E-state index contributed by atoms with van der Waals surface area (Å²) in [6.45, 7) is 4.01. The van der Waals surface area contributed by atoms with Gasteiger partial charge in [0.25, 0.3) is 0 Å². The van der Waals surface area contributed by atoms with Gasteiger partial charge in [0.05, 0.1) is 19.0 Å². The molecule has 17 heavy (non-hydrogen) atoms. The van der Waals surface area contributed by atoms with E-state index < -0.39 is 0 Å². The Bertz CT molecular complexity index is 576. The maximum atomic E-state index is 11.3. The minimum Gasteiger partial charge on any atom is -0.469 e. The number of carbonyl (C=O) groups excluding carboxylic acids is 1. The van der Waals surface area contributed by atoms with Gasteiger partial charge in [0, 0.05) is 11.1 Å². The highest BCUT2D eigenvalue weighted by molar-refractivity contribution is 5.88. The molecule has 0 radical (unpaired) electrons. The smallest absolute Gasteiger partial charge is 0.310 e. The molecule has 2 rings (SSSR count). The van der Waals surface area contributed by atoms with Crippen LogP contribution < -0.4 is 0 Å². The second kappa shape index (κ2) is 4.53. The number of para-hydroxylation sites is 1. The summed E-state index contributed by atoms with van der Waals surface area (Å²) < 4.78 is 4.70. The number of methoxy groups -OCH3 is 1. The number of ether oxygens (including phenoxy) is 1. The predicted molar refractivity (Wildman–Crippen MR) is 66.9 cm³/mol. The summed E-state index contributed by atoms with van der Waals surface area (Å²) in [5, 5.41) is 1.09. The van der Waals surface area contributed by atoms with E-state index >= 15 is 0 Å². The molecule has 2 aromatic rings. The number of esters is 1. The quantitative estimate of drug-likeness (QED) is 0.743. The Hall–Kier alpha value is -1.90. The number of pyridine rings is 1. The van der Waals surface area contributed by atoms with Crippen LogP contribution in [0.25, 0.3) is 10.9 Å². The van der Waals surface area contributed by atoms with E-state index in [9.17, 15) is 4.79 Å². The standard InChI is InChI=1S/C14H15NO2/c1-9-7-10(2)15-14-11(8-13(16)17-3)5-4-6-12(9)14/h4-7H,8H2,1-3H3. The van der Waals surface area contributed by atoms with E-state index in [0.29, 0.717) is 0 Å². The number of aryl methyl sites for hydroxylation is 2. The molecule has 1 heterocycles. The van der Waals surface area contributed by atoms with Gasteiger partial charge in [-0.2, -0.15) is 0 Å². The molecule has 3 nitrogen and oxygen atoms in total. The van der Waals surface area contributed by atoms with Crippen molar-refractivity contribution in [2.45, 2.75) is 20.3 Å². The molecule has 88 valence electrons. The normalized spacial score (nSPS) is 10.5. The zero-order valence-corrected chi connectivity index (χ0v) is 10.3. The molecule has 0 saturated heterocycles.